The minimum Gasteiger partial charge on any atom is -0.296 e. The Labute approximate surface area is 147 Å². The molecule has 0 aliphatic rings. The lowest BCUT2D eigenvalue weighted by Crippen LogP contribution is -2.13. The molecule has 2 rings (SSSR count). The van der Waals surface area contributed by atoms with E-state index >= 15 is 0 Å². The second-order valence-corrected chi connectivity index (χ2v) is 7.16. The quantitative estimate of drug-likeness (QED) is 0.712. The first-order valence-corrected chi connectivity index (χ1v) is 8.62. The van der Waals surface area contributed by atoms with Gasteiger partial charge in [0, 0.05) is 9.92 Å². The molecule has 11 heteroatoms. The van der Waals surface area contributed by atoms with E-state index in [4.69, 9.17) is 23.2 Å². The number of thioether (sulfide) groups is 1. The van der Waals surface area contributed by atoms with Gasteiger partial charge in [0.1, 0.15) is 0 Å². The van der Waals surface area contributed by atoms with Crippen molar-refractivity contribution in [3.05, 3.63) is 32.7 Å². The van der Waals surface area contributed by atoms with Crippen LogP contribution >= 0.6 is 46.3 Å². The van der Waals surface area contributed by atoms with Crippen molar-refractivity contribution in [2.75, 3.05) is 11.1 Å². The van der Waals surface area contributed by atoms with E-state index in [1.165, 1.54) is 23.9 Å². The lowest BCUT2D eigenvalue weighted by molar-refractivity contribution is -0.138. The van der Waals surface area contributed by atoms with Gasteiger partial charge in [-0.05, 0) is 17.9 Å². The number of benzene rings is 1. The predicted molar refractivity (Wildman–Crippen MR) is 85.7 cm³/mol. The Morgan fingerprint density at radius 2 is 2.04 bits per heavy atom. The van der Waals surface area contributed by atoms with E-state index in [0.29, 0.717) is 15.7 Å². The monoisotopic (exact) mass is 401 g/mol. The third-order valence-corrected chi connectivity index (χ3v) is 4.96. The second kappa shape index (κ2) is 7.25. The molecular formula is C12H8Cl2F3N3OS2. The Morgan fingerprint density at radius 3 is 2.61 bits per heavy atom. The van der Waals surface area contributed by atoms with Crippen LogP contribution in [0.25, 0.3) is 0 Å². The number of hydrogen-bond donors (Lipinski definition) is 1. The minimum absolute atomic E-state index is 0.165. The standard InChI is InChI=1S/C12H8Cl2F3N3OS2/c1-2-22-8-6(3-5(13)4-7(8)14)9(21)18-11-20-19-10(23-11)12(15,16)17/h3-4H,2H2,1H3,(H,18,20,21). The highest BCUT2D eigenvalue weighted by atomic mass is 35.5. The summed E-state index contributed by atoms with van der Waals surface area (Å²) in [7, 11) is 0. The van der Waals surface area contributed by atoms with Gasteiger partial charge >= 0.3 is 6.18 Å². The maximum absolute atomic E-state index is 12.5. The smallest absolute Gasteiger partial charge is 0.296 e. The summed E-state index contributed by atoms with van der Waals surface area (Å²) >= 11 is 13.5. The molecule has 1 aromatic carbocycles. The highest BCUT2D eigenvalue weighted by Gasteiger charge is 2.36. The van der Waals surface area contributed by atoms with Crippen molar-refractivity contribution >= 4 is 57.3 Å². The number of hydrogen-bond acceptors (Lipinski definition) is 5. The molecule has 1 heterocycles. The molecule has 1 amide bonds. The number of carbonyl (C=O) groups excluding carboxylic acids is 1. The highest BCUT2D eigenvalue weighted by Crippen LogP contribution is 2.35. The molecule has 0 fully saturated rings. The average molecular weight is 402 g/mol. The summed E-state index contributed by atoms with van der Waals surface area (Å²) in [6.07, 6.45) is -4.61. The van der Waals surface area contributed by atoms with Crippen LogP contribution in [-0.2, 0) is 6.18 Å². The van der Waals surface area contributed by atoms with Gasteiger partial charge in [-0.15, -0.1) is 22.0 Å². The number of rotatable bonds is 4. The van der Waals surface area contributed by atoms with Crippen LogP contribution in [-0.4, -0.2) is 21.9 Å². The van der Waals surface area contributed by atoms with Crippen LogP contribution in [0.5, 0.6) is 0 Å². The van der Waals surface area contributed by atoms with E-state index in [9.17, 15) is 18.0 Å². The molecule has 0 aliphatic heterocycles. The lowest BCUT2D eigenvalue weighted by atomic mass is 10.2. The van der Waals surface area contributed by atoms with Gasteiger partial charge in [0.2, 0.25) is 10.1 Å². The third kappa shape index (κ3) is 4.50. The van der Waals surface area contributed by atoms with Crippen molar-refractivity contribution in [2.24, 2.45) is 0 Å². The Morgan fingerprint density at radius 1 is 1.35 bits per heavy atom. The minimum atomic E-state index is -4.61. The Hall–Kier alpha value is -1.03. The van der Waals surface area contributed by atoms with Crippen LogP contribution in [0.4, 0.5) is 18.3 Å². The zero-order valence-corrected chi connectivity index (χ0v) is 14.5. The van der Waals surface area contributed by atoms with Crippen LogP contribution in [0.15, 0.2) is 17.0 Å². The fourth-order valence-corrected chi connectivity index (χ4v) is 3.63. The maximum Gasteiger partial charge on any atom is 0.445 e. The second-order valence-electron chi connectivity index (χ2n) is 4.06. The highest BCUT2D eigenvalue weighted by molar-refractivity contribution is 7.99. The first kappa shape index (κ1) is 18.3. The summed E-state index contributed by atoms with van der Waals surface area (Å²) in [6, 6.07) is 2.89. The summed E-state index contributed by atoms with van der Waals surface area (Å²) in [4.78, 5) is 12.8. The summed E-state index contributed by atoms with van der Waals surface area (Å²) < 4.78 is 37.5. The van der Waals surface area contributed by atoms with E-state index < -0.39 is 17.1 Å². The van der Waals surface area contributed by atoms with Crippen LogP contribution in [0.1, 0.15) is 22.3 Å². The topological polar surface area (TPSA) is 54.9 Å². The number of anilines is 1. The van der Waals surface area contributed by atoms with Gasteiger partial charge in [-0.25, -0.2) is 0 Å². The van der Waals surface area contributed by atoms with Crippen molar-refractivity contribution < 1.29 is 18.0 Å². The summed E-state index contributed by atoms with van der Waals surface area (Å²) in [6.45, 7) is 1.87. The number of amides is 1. The van der Waals surface area contributed by atoms with Crippen LogP contribution in [0, 0.1) is 0 Å². The summed E-state index contributed by atoms with van der Waals surface area (Å²) in [5, 5.41) is 7.73. The van der Waals surface area contributed by atoms with E-state index in [-0.39, 0.29) is 27.1 Å². The molecule has 124 valence electrons. The number of carbonyl (C=O) groups is 1. The molecule has 0 atom stereocenters. The molecule has 0 bridgehead atoms. The molecule has 2 aromatic rings. The van der Waals surface area contributed by atoms with Gasteiger partial charge in [-0.3, -0.25) is 10.1 Å². The van der Waals surface area contributed by atoms with E-state index in [1.54, 1.807) is 0 Å². The molecule has 1 N–H and O–H groups in total. The number of nitrogens with one attached hydrogen (secondary N) is 1. The van der Waals surface area contributed by atoms with Crippen LogP contribution in [0.2, 0.25) is 10.0 Å². The SMILES string of the molecule is CCSc1c(Cl)cc(Cl)cc1C(=O)Nc1nnc(C(F)(F)F)s1. The molecule has 0 saturated carbocycles. The van der Waals surface area contributed by atoms with Gasteiger partial charge in [0.05, 0.1) is 10.6 Å². The molecule has 0 spiro atoms. The van der Waals surface area contributed by atoms with Gasteiger partial charge in [0.25, 0.3) is 5.91 Å². The molecule has 0 radical (unpaired) electrons. The Balaban J connectivity index is 2.29. The Bertz CT molecular complexity index is 737. The summed E-state index contributed by atoms with van der Waals surface area (Å²) in [5.41, 5.74) is 0.165. The average Bonchev–Trinajstić information content (AvgIpc) is 2.90. The van der Waals surface area contributed by atoms with Gasteiger partial charge in [-0.1, -0.05) is 41.5 Å². The number of halogens is 5. The fourth-order valence-electron chi connectivity index (χ4n) is 1.57. The zero-order chi connectivity index (χ0) is 17.2. The van der Waals surface area contributed by atoms with E-state index in [2.05, 4.69) is 15.5 Å². The molecule has 0 aliphatic carbocycles. The first-order valence-electron chi connectivity index (χ1n) is 6.06. The molecule has 23 heavy (non-hydrogen) atoms. The first-order chi connectivity index (χ1) is 10.7. The normalized spacial score (nSPS) is 11.6. The molecular weight excluding hydrogens is 394 g/mol. The van der Waals surface area contributed by atoms with Crippen molar-refractivity contribution in [1.82, 2.24) is 10.2 Å². The summed E-state index contributed by atoms with van der Waals surface area (Å²) in [5.74, 6) is -0.00575. The molecule has 4 nitrogen and oxygen atoms in total. The van der Waals surface area contributed by atoms with Gasteiger partial charge in [-0.2, -0.15) is 13.2 Å². The van der Waals surface area contributed by atoms with Crippen molar-refractivity contribution in [1.29, 1.82) is 0 Å². The van der Waals surface area contributed by atoms with Crippen molar-refractivity contribution in [3.8, 4) is 0 Å². The number of aromatic nitrogens is 2. The van der Waals surface area contributed by atoms with E-state index in [0.717, 1.165) is 0 Å². The van der Waals surface area contributed by atoms with Crippen molar-refractivity contribution in [2.45, 2.75) is 18.0 Å². The zero-order valence-electron chi connectivity index (χ0n) is 11.4. The molecule has 1 aromatic heterocycles. The van der Waals surface area contributed by atoms with Crippen LogP contribution in [0.3, 0.4) is 0 Å². The Kier molecular flexibility index (Phi) is 5.77. The third-order valence-electron chi connectivity index (χ3n) is 2.43. The van der Waals surface area contributed by atoms with E-state index in [1.807, 2.05) is 6.92 Å². The van der Waals surface area contributed by atoms with Crippen LogP contribution < -0.4 is 5.32 Å². The maximum atomic E-state index is 12.5. The van der Waals surface area contributed by atoms with Gasteiger partial charge in [0.15, 0.2) is 0 Å². The largest absolute Gasteiger partial charge is 0.445 e. The molecule has 0 unspecified atom stereocenters. The van der Waals surface area contributed by atoms with Gasteiger partial charge < -0.3 is 0 Å². The van der Waals surface area contributed by atoms with Crippen molar-refractivity contribution in [3.63, 3.8) is 0 Å². The fraction of sp³-hybridized carbons (Fsp3) is 0.250. The number of alkyl halides is 3. The predicted octanol–water partition coefficient (Wildman–Crippen LogP) is 5.23. The lowest BCUT2D eigenvalue weighted by Gasteiger charge is -2.10. The number of nitrogens with zero attached hydrogens (tertiary/aromatic N) is 2. The molecule has 0 saturated heterocycles.